The zero-order valence-corrected chi connectivity index (χ0v) is 16.8. The van der Waals surface area contributed by atoms with Crippen molar-refractivity contribution in [1.82, 2.24) is 0 Å². The molecule has 1 saturated heterocycles. The Balaban J connectivity index is 1.65. The van der Waals surface area contributed by atoms with Crippen LogP contribution in [0.4, 0.5) is 5.69 Å². The summed E-state index contributed by atoms with van der Waals surface area (Å²) in [4.78, 5) is 41.9. The van der Waals surface area contributed by atoms with Gasteiger partial charge in [-0.05, 0) is 34.4 Å². The first kappa shape index (κ1) is 18.1. The van der Waals surface area contributed by atoms with Crippen LogP contribution in [0.5, 0.6) is 5.75 Å². The largest absolute Gasteiger partial charge is 0.495 e. The molecule has 3 aromatic rings. The van der Waals surface area contributed by atoms with Gasteiger partial charge in [-0.1, -0.05) is 60.7 Å². The molecule has 1 heterocycles. The Bertz CT molecular complexity index is 1230. The SMILES string of the molecule is COc1ccccc1N1C(=O)[C@H]2C3c4ccccc4C(C=O)(c4ccccc43)[C@H]2C1=O. The zero-order valence-electron chi connectivity index (χ0n) is 16.8. The van der Waals surface area contributed by atoms with Gasteiger partial charge in [0.1, 0.15) is 12.0 Å². The molecule has 5 heteroatoms. The maximum atomic E-state index is 13.9. The van der Waals surface area contributed by atoms with Crippen LogP contribution in [0.2, 0.25) is 0 Å². The van der Waals surface area contributed by atoms with E-state index in [0.717, 1.165) is 28.5 Å². The molecule has 152 valence electrons. The number of methoxy groups -OCH3 is 1. The third-order valence-electron chi connectivity index (χ3n) is 7.20. The molecular weight excluding hydrogens is 390 g/mol. The lowest BCUT2D eigenvalue weighted by atomic mass is 9.48. The monoisotopic (exact) mass is 409 g/mol. The summed E-state index contributed by atoms with van der Waals surface area (Å²) < 4.78 is 5.44. The molecule has 2 atom stereocenters. The number of para-hydroxylation sites is 2. The average molecular weight is 409 g/mol. The van der Waals surface area contributed by atoms with Gasteiger partial charge in [0.05, 0.1) is 30.0 Å². The van der Waals surface area contributed by atoms with E-state index in [1.807, 2.05) is 48.5 Å². The molecule has 0 spiro atoms. The Morgan fingerprint density at radius 2 is 1.42 bits per heavy atom. The number of carbonyl (C=O) groups is 3. The van der Waals surface area contributed by atoms with Crippen LogP contribution >= 0.6 is 0 Å². The highest BCUT2D eigenvalue weighted by molar-refractivity contribution is 6.25. The van der Waals surface area contributed by atoms with Crippen LogP contribution in [0.15, 0.2) is 72.8 Å². The van der Waals surface area contributed by atoms with Crippen molar-refractivity contribution in [2.75, 3.05) is 12.0 Å². The first-order chi connectivity index (χ1) is 15.1. The highest BCUT2D eigenvalue weighted by Gasteiger charge is 2.68. The van der Waals surface area contributed by atoms with Crippen molar-refractivity contribution in [1.29, 1.82) is 0 Å². The highest BCUT2D eigenvalue weighted by atomic mass is 16.5. The van der Waals surface area contributed by atoms with Crippen molar-refractivity contribution in [2.45, 2.75) is 11.3 Å². The molecule has 2 amide bonds. The van der Waals surface area contributed by atoms with Crippen LogP contribution < -0.4 is 9.64 Å². The molecule has 5 nitrogen and oxygen atoms in total. The lowest BCUT2D eigenvalue weighted by Gasteiger charge is -2.51. The molecule has 0 aromatic heterocycles. The summed E-state index contributed by atoms with van der Waals surface area (Å²) in [5, 5.41) is 0. The fraction of sp³-hybridized carbons (Fsp3) is 0.192. The van der Waals surface area contributed by atoms with Crippen molar-refractivity contribution in [3.8, 4) is 5.75 Å². The van der Waals surface area contributed by atoms with Crippen LogP contribution in [0.25, 0.3) is 0 Å². The number of nitrogens with zero attached hydrogens (tertiary/aromatic N) is 1. The van der Waals surface area contributed by atoms with Crippen molar-refractivity contribution in [3.05, 3.63) is 95.1 Å². The Hall–Kier alpha value is -3.73. The summed E-state index contributed by atoms with van der Waals surface area (Å²) in [6, 6.07) is 22.4. The van der Waals surface area contributed by atoms with Crippen LogP contribution in [-0.4, -0.2) is 25.2 Å². The molecule has 1 aliphatic heterocycles. The smallest absolute Gasteiger partial charge is 0.239 e. The number of carbonyl (C=O) groups excluding carboxylic acids is 3. The number of amides is 2. The molecule has 3 aromatic carbocycles. The first-order valence-corrected chi connectivity index (χ1v) is 10.3. The van der Waals surface area contributed by atoms with E-state index in [1.54, 1.807) is 24.3 Å². The summed E-state index contributed by atoms with van der Waals surface area (Å²) in [5.74, 6) is -1.86. The van der Waals surface area contributed by atoms with E-state index >= 15 is 0 Å². The van der Waals surface area contributed by atoms with Gasteiger partial charge in [-0.3, -0.25) is 9.59 Å². The second kappa shape index (κ2) is 6.14. The van der Waals surface area contributed by atoms with Crippen LogP contribution in [0, 0.1) is 11.8 Å². The van der Waals surface area contributed by atoms with E-state index in [1.165, 1.54) is 12.0 Å². The van der Waals surface area contributed by atoms with Gasteiger partial charge >= 0.3 is 0 Å². The molecule has 0 radical (unpaired) electrons. The first-order valence-electron chi connectivity index (χ1n) is 10.3. The second-order valence-corrected chi connectivity index (χ2v) is 8.33. The van der Waals surface area contributed by atoms with Crippen LogP contribution in [-0.2, 0) is 19.8 Å². The molecule has 4 aliphatic rings. The number of anilines is 1. The van der Waals surface area contributed by atoms with Gasteiger partial charge in [0.25, 0.3) is 0 Å². The van der Waals surface area contributed by atoms with E-state index in [-0.39, 0.29) is 17.7 Å². The number of rotatable bonds is 3. The molecule has 3 aliphatic carbocycles. The van der Waals surface area contributed by atoms with E-state index < -0.39 is 17.3 Å². The third kappa shape index (κ3) is 1.99. The van der Waals surface area contributed by atoms with Gasteiger partial charge in [-0.15, -0.1) is 0 Å². The summed E-state index contributed by atoms with van der Waals surface area (Å²) in [7, 11) is 1.51. The lowest BCUT2D eigenvalue weighted by molar-refractivity contribution is -0.128. The topological polar surface area (TPSA) is 63.7 Å². The van der Waals surface area contributed by atoms with Crippen LogP contribution in [0.1, 0.15) is 28.2 Å². The predicted molar refractivity (Wildman–Crippen MR) is 114 cm³/mol. The van der Waals surface area contributed by atoms with E-state index in [4.69, 9.17) is 4.74 Å². The van der Waals surface area contributed by atoms with E-state index in [9.17, 15) is 14.4 Å². The third-order valence-corrected chi connectivity index (χ3v) is 7.20. The molecule has 1 fully saturated rings. The Morgan fingerprint density at radius 1 is 0.839 bits per heavy atom. The molecule has 31 heavy (non-hydrogen) atoms. The average Bonchev–Trinajstić information content (AvgIpc) is 3.09. The van der Waals surface area contributed by atoms with Gasteiger partial charge < -0.3 is 9.53 Å². The minimum Gasteiger partial charge on any atom is -0.495 e. The van der Waals surface area contributed by atoms with E-state index in [0.29, 0.717) is 11.4 Å². The Morgan fingerprint density at radius 3 is 2.03 bits per heavy atom. The highest BCUT2D eigenvalue weighted by Crippen LogP contribution is 2.63. The van der Waals surface area contributed by atoms with E-state index in [2.05, 4.69) is 0 Å². The second-order valence-electron chi connectivity index (χ2n) is 8.33. The van der Waals surface area contributed by atoms with Crippen molar-refractivity contribution in [3.63, 3.8) is 0 Å². The Kier molecular flexibility index (Phi) is 3.58. The lowest BCUT2D eigenvalue weighted by Crippen LogP contribution is -2.54. The minimum absolute atomic E-state index is 0.268. The quantitative estimate of drug-likeness (QED) is 0.491. The molecule has 7 rings (SSSR count). The van der Waals surface area contributed by atoms with Crippen molar-refractivity contribution < 1.29 is 19.1 Å². The Labute approximate surface area is 179 Å². The van der Waals surface area contributed by atoms with Gasteiger partial charge in [-0.25, -0.2) is 4.90 Å². The number of hydrogen-bond donors (Lipinski definition) is 0. The fourth-order valence-electron chi connectivity index (χ4n) is 6.08. The number of ether oxygens (including phenoxy) is 1. The molecule has 0 N–H and O–H groups in total. The standard InChI is InChI=1S/C26H19NO4/c1-31-20-13-7-6-12-19(20)27-24(29)22-21-15-8-2-4-10-17(15)26(14-28,23(22)25(27)30)18-11-5-3-9-16(18)21/h2-14,21-23H,1H3/t21?,22-,23+,26?/m0/s1. The summed E-state index contributed by atoms with van der Waals surface area (Å²) in [6.45, 7) is 0. The van der Waals surface area contributed by atoms with Gasteiger partial charge in [-0.2, -0.15) is 0 Å². The number of imide groups is 1. The number of hydrogen-bond acceptors (Lipinski definition) is 4. The molecule has 0 unspecified atom stereocenters. The molecule has 0 saturated carbocycles. The maximum absolute atomic E-state index is 13.9. The van der Waals surface area contributed by atoms with Crippen molar-refractivity contribution >= 4 is 23.8 Å². The zero-order chi connectivity index (χ0) is 21.3. The van der Waals surface area contributed by atoms with Gasteiger partial charge in [0.2, 0.25) is 11.8 Å². The van der Waals surface area contributed by atoms with Crippen molar-refractivity contribution in [2.24, 2.45) is 11.8 Å². The number of aldehydes is 1. The summed E-state index contributed by atoms with van der Waals surface area (Å²) >= 11 is 0. The maximum Gasteiger partial charge on any atom is 0.239 e. The van der Waals surface area contributed by atoms with Gasteiger partial charge in [0.15, 0.2) is 0 Å². The summed E-state index contributed by atoms with van der Waals surface area (Å²) in [5.41, 5.74) is 2.81. The number of benzene rings is 3. The molecule has 2 bridgehead atoms. The molecular formula is C26H19NO4. The van der Waals surface area contributed by atoms with Gasteiger partial charge in [0, 0.05) is 5.92 Å². The summed E-state index contributed by atoms with van der Waals surface area (Å²) in [6.07, 6.45) is 0.884. The fourth-order valence-corrected chi connectivity index (χ4v) is 6.08. The predicted octanol–water partition coefficient (Wildman–Crippen LogP) is 3.44. The normalized spacial score (nSPS) is 27.5. The van der Waals surface area contributed by atoms with Crippen LogP contribution in [0.3, 0.4) is 0 Å². The minimum atomic E-state index is -1.18.